The van der Waals surface area contributed by atoms with Crippen molar-refractivity contribution in [3.8, 4) is 10.4 Å². The molecule has 0 aliphatic rings. The molecule has 7 heteroatoms. The topological polar surface area (TPSA) is 68.6 Å². The Morgan fingerprint density at radius 2 is 1.93 bits per heavy atom. The predicted molar refractivity (Wildman–Crippen MR) is 109 cm³/mol. The average molecular weight is 401 g/mol. The van der Waals surface area contributed by atoms with Gasteiger partial charge in [-0.05, 0) is 48.6 Å². The molecule has 0 radical (unpaired) electrons. The largest absolute Gasteiger partial charge is 0.462 e. The van der Waals surface area contributed by atoms with Gasteiger partial charge in [0, 0.05) is 11.2 Å². The number of aromatic nitrogens is 1. The van der Waals surface area contributed by atoms with Crippen molar-refractivity contribution in [3.05, 3.63) is 65.7 Å². The Hall–Kier alpha value is -2.51. The summed E-state index contributed by atoms with van der Waals surface area (Å²) in [6.45, 7) is 3.91. The fourth-order valence-corrected chi connectivity index (χ4v) is 4.76. The predicted octanol–water partition coefficient (Wildman–Crippen LogP) is 5.08. The quantitative estimate of drug-likeness (QED) is 0.560. The molecular formula is C20H20N2O3S2. The molecule has 0 saturated carbocycles. The molecule has 0 bridgehead atoms. The van der Waals surface area contributed by atoms with Crippen molar-refractivity contribution in [2.24, 2.45) is 4.36 Å². The molecule has 2 aromatic carbocycles. The van der Waals surface area contributed by atoms with Crippen molar-refractivity contribution in [3.63, 3.8) is 0 Å². The molecule has 3 rings (SSSR count). The van der Waals surface area contributed by atoms with E-state index in [1.165, 1.54) is 0 Å². The normalized spacial score (nSPS) is 13.0. The van der Waals surface area contributed by atoms with E-state index in [2.05, 4.69) is 8.74 Å². The van der Waals surface area contributed by atoms with E-state index >= 15 is 0 Å². The standard InChI is InChI=1S/C20H20N2O3S2/c1-4-25-20(23)17-18(15-10-6-5-7-11-15)26-21-19(17)22-27(3,24)16-12-8-9-14(2)13-16/h5-13H,4H2,1-3H3. The van der Waals surface area contributed by atoms with Crippen molar-refractivity contribution in [2.75, 3.05) is 12.9 Å². The van der Waals surface area contributed by atoms with Gasteiger partial charge >= 0.3 is 5.97 Å². The van der Waals surface area contributed by atoms with E-state index in [-0.39, 0.29) is 18.0 Å². The smallest absolute Gasteiger partial charge is 0.343 e. The summed E-state index contributed by atoms with van der Waals surface area (Å²) in [5.74, 6) is -0.352. The lowest BCUT2D eigenvalue weighted by atomic mass is 10.1. The highest BCUT2D eigenvalue weighted by molar-refractivity contribution is 7.93. The van der Waals surface area contributed by atoms with Crippen molar-refractivity contribution in [1.82, 2.24) is 4.37 Å². The second-order valence-electron chi connectivity index (χ2n) is 6.01. The fourth-order valence-electron chi connectivity index (χ4n) is 2.59. The maximum atomic E-state index is 13.2. The first kappa shape index (κ1) is 19.3. The van der Waals surface area contributed by atoms with Crippen LogP contribution in [-0.4, -0.2) is 27.4 Å². The van der Waals surface area contributed by atoms with Crippen LogP contribution in [-0.2, 0) is 14.5 Å². The van der Waals surface area contributed by atoms with Crippen molar-refractivity contribution in [2.45, 2.75) is 18.7 Å². The summed E-state index contributed by atoms with van der Waals surface area (Å²) in [4.78, 5) is 13.9. The Kier molecular flexibility index (Phi) is 5.72. The van der Waals surface area contributed by atoms with Crippen LogP contribution >= 0.6 is 11.5 Å². The second kappa shape index (κ2) is 8.02. The van der Waals surface area contributed by atoms with Gasteiger partial charge in [-0.3, -0.25) is 0 Å². The van der Waals surface area contributed by atoms with Crippen LogP contribution in [0.1, 0.15) is 22.8 Å². The Morgan fingerprint density at radius 3 is 2.59 bits per heavy atom. The Morgan fingerprint density at radius 1 is 1.19 bits per heavy atom. The lowest BCUT2D eigenvalue weighted by Crippen LogP contribution is -2.06. The lowest BCUT2D eigenvalue weighted by molar-refractivity contribution is 0.0528. The molecule has 0 saturated heterocycles. The van der Waals surface area contributed by atoms with E-state index in [4.69, 9.17) is 4.74 Å². The summed E-state index contributed by atoms with van der Waals surface area (Å²) in [5, 5.41) is 0. The minimum atomic E-state index is -2.76. The third-order valence-corrected chi connectivity index (χ3v) is 6.41. The monoisotopic (exact) mass is 400 g/mol. The number of hydrogen-bond acceptors (Lipinski definition) is 6. The first-order chi connectivity index (χ1) is 12.9. The maximum Gasteiger partial charge on any atom is 0.343 e. The van der Waals surface area contributed by atoms with Crippen LogP contribution in [0.3, 0.4) is 0 Å². The summed E-state index contributed by atoms with van der Waals surface area (Å²) >= 11 is 1.15. The first-order valence-electron chi connectivity index (χ1n) is 8.43. The highest BCUT2D eigenvalue weighted by Gasteiger charge is 2.24. The van der Waals surface area contributed by atoms with Gasteiger partial charge in [0.25, 0.3) is 0 Å². The number of hydrogen-bond donors (Lipinski definition) is 0. The number of aryl methyl sites for hydroxylation is 1. The van der Waals surface area contributed by atoms with E-state index in [0.717, 1.165) is 22.7 Å². The molecule has 1 atom stereocenters. The van der Waals surface area contributed by atoms with Crippen LogP contribution in [0.15, 0.2) is 63.9 Å². The number of esters is 1. The average Bonchev–Trinajstić information content (AvgIpc) is 3.05. The fraction of sp³-hybridized carbons (Fsp3) is 0.200. The van der Waals surface area contributed by atoms with Crippen LogP contribution in [0.4, 0.5) is 5.82 Å². The van der Waals surface area contributed by atoms with Gasteiger partial charge in [-0.2, -0.15) is 8.74 Å². The first-order valence-corrected chi connectivity index (χ1v) is 11.1. The lowest BCUT2D eigenvalue weighted by Gasteiger charge is -2.07. The van der Waals surface area contributed by atoms with Crippen LogP contribution in [0.5, 0.6) is 0 Å². The van der Waals surface area contributed by atoms with Crippen molar-refractivity contribution in [1.29, 1.82) is 0 Å². The second-order valence-corrected chi connectivity index (χ2v) is 9.04. The van der Waals surface area contributed by atoms with Gasteiger partial charge in [0.05, 0.1) is 21.2 Å². The highest BCUT2D eigenvalue weighted by atomic mass is 32.2. The molecule has 0 amide bonds. The van der Waals surface area contributed by atoms with Gasteiger partial charge in [0.15, 0.2) is 5.82 Å². The van der Waals surface area contributed by atoms with Gasteiger partial charge in [0.2, 0.25) is 0 Å². The Bertz CT molecular complexity index is 1080. The van der Waals surface area contributed by atoms with Crippen LogP contribution in [0, 0.1) is 6.92 Å². The summed E-state index contributed by atoms with van der Waals surface area (Å²) in [5.41, 5.74) is 2.10. The summed E-state index contributed by atoms with van der Waals surface area (Å²) in [7, 11) is -2.76. The van der Waals surface area contributed by atoms with E-state index in [1.807, 2.05) is 55.5 Å². The Balaban J connectivity index is 2.17. The number of ether oxygens (including phenoxy) is 1. The minimum Gasteiger partial charge on any atom is -0.462 e. The van der Waals surface area contributed by atoms with Gasteiger partial charge < -0.3 is 4.74 Å². The number of carbonyl (C=O) groups is 1. The maximum absolute atomic E-state index is 13.2. The SMILES string of the molecule is CCOC(=O)c1c(N=S(C)(=O)c2cccc(C)c2)nsc1-c1ccccc1. The number of nitrogens with zero attached hydrogens (tertiary/aromatic N) is 2. The van der Waals surface area contributed by atoms with Gasteiger partial charge in [-0.15, -0.1) is 0 Å². The summed E-state index contributed by atoms with van der Waals surface area (Å²) in [6.07, 6.45) is 1.55. The summed E-state index contributed by atoms with van der Waals surface area (Å²) in [6, 6.07) is 16.8. The number of benzene rings is 2. The van der Waals surface area contributed by atoms with E-state index in [1.54, 1.807) is 19.2 Å². The molecular weight excluding hydrogens is 380 g/mol. The third-order valence-electron chi connectivity index (χ3n) is 3.88. The molecule has 140 valence electrons. The van der Waals surface area contributed by atoms with Crippen molar-refractivity contribution < 1.29 is 13.7 Å². The zero-order chi connectivity index (χ0) is 19.4. The van der Waals surface area contributed by atoms with Gasteiger partial charge in [-0.1, -0.05) is 42.5 Å². The molecule has 0 aliphatic carbocycles. The number of rotatable bonds is 5. The summed E-state index contributed by atoms with van der Waals surface area (Å²) < 4.78 is 27.1. The van der Waals surface area contributed by atoms with Crippen LogP contribution < -0.4 is 0 Å². The molecule has 0 aliphatic heterocycles. The molecule has 1 aromatic heterocycles. The number of carbonyl (C=O) groups excluding carboxylic acids is 1. The molecule has 1 heterocycles. The highest BCUT2D eigenvalue weighted by Crippen LogP contribution is 2.36. The molecule has 5 nitrogen and oxygen atoms in total. The molecule has 0 spiro atoms. The van der Waals surface area contributed by atoms with Crippen LogP contribution in [0.25, 0.3) is 10.4 Å². The van der Waals surface area contributed by atoms with Crippen LogP contribution in [0.2, 0.25) is 0 Å². The molecule has 27 heavy (non-hydrogen) atoms. The minimum absolute atomic E-state index is 0.159. The molecule has 1 unspecified atom stereocenters. The van der Waals surface area contributed by atoms with E-state index in [9.17, 15) is 9.00 Å². The zero-order valence-electron chi connectivity index (χ0n) is 15.3. The van der Waals surface area contributed by atoms with Gasteiger partial charge in [-0.25, -0.2) is 9.00 Å². The molecule has 0 fully saturated rings. The zero-order valence-corrected chi connectivity index (χ0v) is 17.0. The van der Waals surface area contributed by atoms with E-state index in [0.29, 0.717) is 9.77 Å². The molecule has 3 aromatic rings. The molecule has 0 N–H and O–H groups in total. The van der Waals surface area contributed by atoms with Gasteiger partial charge in [0.1, 0.15) is 5.56 Å². The third kappa shape index (κ3) is 4.26. The van der Waals surface area contributed by atoms with E-state index < -0.39 is 15.7 Å². The van der Waals surface area contributed by atoms with Crippen molar-refractivity contribution >= 4 is 33.0 Å². The Labute approximate surface area is 163 Å².